The Bertz CT molecular complexity index is 808. The number of halogens is 2. The predicted molar refractivity (Wildman–Crippen MR) is 89.6 cm³/mol. The number of benzene rings is 2. The van der Waals surface area contributed by atoms with Crippen molar-refractivity contribution in [2.75, 3.05) is 4.72 Å². The lowest BCUT2D eigenvalue weighted by atomic mass is 10.2. The normalized spacial score (nSPS) is 11.1. The number of thiocarbonyl (C=S) groups is 1. The molecule has 110 valence electrons. The standard InChI is InChI=1S/C13H10Cl2N2O2S2/c14-9-2-1-3-10(7-9)17-21(18,19)12-5-4-8(13(16)20)6-11(12)15/h1-7,17H,(H2,16,20). The summed E-state index contributed by atoms with van der Waals surface area (Å²) in [6.07, 6.45) is 0. The Morgan fingerprint density at radius 3 is 2.43 bits per heavy atom. The first-order valence-electron chi connectivity index (χ1n) is 5.67. The fourth-order valence-corrected chi connectivity index (χ4v) is 3.55. The van der Waals surface area contributed by atoms with E-state index in [2.05, 4.69) is 4.72 Å². The zero-order valence-electron chi connectivity index (χ0n) is 10.5. The van der Waals surface area contributed by atoms with Gasteiger partial charge in [-0.25, -0.2) is 8.42 Å². The van der Waals surface area contributed by atoms with E-state index in [1.807, 2.05) is 0 Å². The summed E-state index contributed by atoms with van der Waals surface area (Å²) < 4.78 is 27.0. The van der Waals surface area contributed by atoms with Crippen LogP contribution < -0.4 is 10.5 Å². The first-order valence-corrected chi connectivity index (χ1v) is 8.32. The molecule has 0 saturated carbocycles. The summed E-state index contributed by atoms with van der Waals surface area (Å²) in [7, 11) is -3.83. The molecule has 21 heavy (non-hydrogen) atoms. The van der Waals surface area contributed by atoms with Crippen molar-refractivity contribution < 1.29 is 8.42 Å². The van der Waals surface area contributed by atoms with Gasteiger partial charge in [-0.1, -0.05) is 47.6 Å². The fourth-order valence-electron chi connectivity index (χ4n) is 1.63. The molecule has 0 atom stereocenters. The number of hydrogen-bond donors (Lipinski definition) is 2. The largest absolute Gasteiger partial charge is 0.389 e. The molecule has 2 aromatic carbocycles. The molecular formula is C13H10Cl2N2O2S2. The van der Waals surface area contributed by atoms with Crippen LogP contribution in [0.3, 0.4) is 0 Å². The van der Waals surface area contributed by atoms with Crippen molar-refractivity contribution in [1.29, 1.82) is 0 Å². The maximum atomic E-state index is 12.3. The molecule has 2 aromatic rings. The second-order valence-electron chi connectivity index (χ2n) is 4.13. The third-order valence-corrected chi connectivity index (χ3v) is 4.92. The molecule has 3 N–H and O–H groups in total. The molecular weight excluding hydrogens is 351 g/mol. The summed E-state index contributed by atoms with van der Waals surface area (Å²) >= 11 is 16.6. The minimum Gasteiger partial charge on any atom is -0.389 e. The van der Waals surface area contributed by atoms with Crippen molar-refractivity contribution in [3.05, 3.63) is 58.1 Å². The summed E-state index contributed by atoms with van der Waals surface area (Å²) in [5.41, 5.74) is 6.32. The summed E-state index contributed by atoms with van der Waals surface area (Å²) in [5, 5.41) is 0.458. The van der Waals surface area contributed by atoms with E-state index in [1.54, 1.807) is 18.2 Å². The van der Waals surface area contributed by atoms with Gasteiger partial charge in [-0.3, -0.25) is 4.72 Å². The Labute approximate surface area is 137 Å². The minimum atomic E-state index is -3.83. The van der Waals surface area contributed by atoms with Crippen molar-refractivity contribution in [3.63, 3.8) is 0 Å². The van der Waals surface area contributed by atoms with Crippen LogP contribution in [-0.4, -0.2) is 13.4 Å². The van der Waals surface area contributed by atoms with Gasteiger partial charge in [0.15, 0.2) is 0 Å². The maximum absolute atomic E-state index is 12.3. The topological polar surface area (TPSA) is 72.2 Å². The van der Waals surface area contributed by atoms with Crippen LogP contribution in [0.2, 0.25) is 10.0 Å². The van der Waals surface area contributed by atoms with E-state index in [1.165, 1.54) is 24.3 Å². The number of nitrogens with one attached hydrogen (secondary N) is 1. The molecule has 0 spiro atoms. The van der Waals surface area contributed by atoms with Crippen molar-refractivity contribution in [2.45, 2.75) is 4.90 Å². The highest BCUT2D eigenvalue weighted by atomic mass is 35.5. The van der Waals surface area contributed by atoms with Gasteiger partial charge in [0.25, 0.3) is 10.0 Å². The number of rotatable bonds is 4. The zero-order chi connectivity index (χ0) is 15.6. The summed E-state index contributed by atoms with van der Waals surface area (Å²) in [6.45, 7) is 0. The summed E-state index contributed by atoms with van der Waals surface area (Å²) in [5.74, 6) is 0. The van der Waals surface area contributed by atoms with E-state index in [0.29, 0.717) is 16.3 Å². The molecule has 0 amide bonds. The number of anilines is 1. The van der Waals surface area contributed by atoms with E-state index < -0.39 is 10.0 Å². The van der Waals surface area contributed by atoms with Gasteiger partial charge in [-0.05, 0) is 30.3 Å². The van der Waals surface area contributed by atoms with Crippen LogP contribution >= 0.6 is 35.4 Å². The lowest BCUT2D eigenvalue weighted by molar-refractivity contribution is 0.601. The highest BCUT2D eigenvalue weighted by Gasteiger charge is 2.18. The molecule has 4 nitrogen and oxygen atoms in total. The van der Waals surface area contributed by atoms with Crippen LogP contribution in [0.1, 0.15) is 5.56 Å². The average Bonchev–Trinajstić information content (AvgIpc) is 2.37. The quantitative estimate of drug-likeness (QED) is 0.819. The third kappa shape index (κ3) is 3.85. The molecule has 0 aromatic heterocycles. The van der Waals surface area contributed by atoms with Crippen LogP contribution in [-0.2, 0) is 10.0 Å². The predicted octanol–water partition coefficient (Wildman–Crippen LogP) is 3.43. The van der Waals surface area contributed by atoms with Gasteiger partial charge in [0, 0.05) is 10.6 Å². The number of sulfonamides is 1. The van der Waals surface area contributed by atoms with Gasteiger partial charge in [0.1, 0.15) is 9.88 Å². The smallest absolute Gasteiger partial charge is 0.263 e. The van der Waals surface area contributed by atoms with Crippen LogP contribution in [0.4, 0.5) is 5.69 Å². The van der Waals surface area contributed by atoms with E-state index >= 15 is 0 Å². The SMILES string of the molecule is NC(=S)c1ccc(S(=O)(=O)Nc2cccc(Cl)c2)c(Cl)c1. The van der Waals surface area contributed by atoms with E-state index in [9.17, 15) is 8.42 Å². The van der Waals surface area contributed by atoms with Crippen LogP contribution in [0, 0.1) is 0 Å². The number of nitrogens with two attached hydrogens (primary N) is 1. The molecule has 2 rings (SSSR count). The molecule has 0 fully saturated rings. The van der Waals surface area contributed by atoms with E-state index in [0.717, 1.165) is 0 Å². The Balaban J connectivity index is 2.38. The highest BCUT2D eigenvalue weighted by Crippen LogP contribution is 2.25. The molecule has 8 heteroatoms. The van der Waals surface area contributed by atoms with Gasteiger partial charge in [-0.2, -0.15) is 0 Å². The summed E-state index contributed by atoms with van der Waals surface area (Å²) in [6, 6.07) is 10.6. The molecule has 0 unspecified atom stereocenters. The first kappa shape index (κ1) is 16.0. The monoisotopic (exact) mass is 360 g/mol. The highest BCUT2D eigenvalue weighted by molar-refractivity contribution is 7.92. The molecule has 0 radical (unpaired) electrons. The third-order valence-electron chi connectivity index (χ3n) is 2.58. The summed E-state index contributed by atoms with van der Waals surface area (Å²) in [4.78, 5) is 0.0767. The van der Waals surface area contributed by atoms with Crippen molar-refractivity contribution in [1.82, 2.24) is 0 Å². The molecule has 0 aliphatic rings. The van der Waals surface area contributed by atoms with Crippen molar-refractivity contribution >= 4 is 56.1 Å². The lowest BCUT2D eigenvalue weighted by Gasteiger charge is -2.10. The fraction of sp³-hybridized carbons (Fsp3) is 0. The van der Waals surface area contributed by atoms with Gasteiger partial charge >= 0.3 is 0 Å². The second kappa shape index (κ2) is 6.19. The molecule has 0 heterocycles. The zero-order valence-corrected chi connectivity index (χ0v) is 13.7. The van der Waals surface area contributed by atoms with Gasteiger partial charge < -0.3 is 5.73 Å². The lowest BCUT2D eigenvalue weighted by Crippen LogP contribution is -2.15. The molecule has 0 bridgehead atoms. The van der Waals surface area contributed by atoms with Gasteiger partial charge in [0.05, 0.1) is 10.7 Å². The molecule has 0 aliphatic carbocycles. The van der Waals surface area contributed by atoms with Crippen molar-refractivity contribution in [3.8, 4) is 0 Å². The van der Waals surface area contributed by atoms with Crippen molar-refractivity contribution in [2.24, 2.45) is 5.73 Å². The maximum Gasteiger partial charge on any atom is 0.263 e. The van der Waals surface area contributed by atoms with Crippen LogP contribution in [0.5, 0.6) is 0 Å². The Hall–Kier alpha value is -1.34. The molecule has 0 aliphatic heterocycles. The number of hydrogen-bond acceptors (Lipinski definition) is 3. The first-order chi connectivity index (χ1) is 9.79. The molecule has 0 saturated heterocycles. The van der Waals surface area contributed by atoms with Crippen LogP contribution in [0.15, 0.2) is 47.4 Å². The Morgan fingerprint density at radius 1 is 1.14 bits per heavy atom. The van der Waals surface area contributed by atoms with E-state index in [-0.39, 0.29) is 14.9 Å². The van der Waals surface area contributed by atoms with Gasteiger partial charge in [0.2, 0.25) is 0 Å². The second-order valence-corrected chi connectivity index (χ2v) is 7.06. The van der Waals surface area contributed by atoms with Crippen LogP contribution in [0.25, 0.3) is 0 Å². The average molecular weight is 361 g/mol. The minimum absolute atomic E-state index is 0.0369. The Kier molecular flexibility index (Phi) is 4.73. The van der Waals surface area contributed by atoms with Gasteiger partial charge in [-0.15, -0.1) is 0 Å². The van der Waals surface area contributed by atoms with E-state index in [4.69, 9.17) is 41.2 Å². The Morgan fingerprint density at radius 2 is 1.86 bits per heavy atom.